The molecule has 0 bridgehead atoms. The monoisotopic (exact) mass is 375 g/mol. The Kier molecular flexibility index (Phi) is 9.84. The van der Waals surface area contributed by atoms with E-state index in [4.69, 9.17) is 16.6 Å². The van der Waals surface area contributed by atoms with Crippen molar-refractivity contribution in [2.45, 2.75) is 50.9 Å². The highest BCUT2D eigenvalue weighted by Crippen LogP contribution is 1.99. The van der Waals surface area contributed by atoms with Gasteiger partial charge in [-0.2, -0.15) is 0 Å². The fraction of sp³-hybridized carbons (Fsp3) is 0.643. The third-order valence-electron chi connectivity index (χ3n) is 3.28. The van der Waals surface area contributed by atoms with Crippen LogP contribution in [0.3, 0.4) is 0 Å². The van der Waals surface area contributed by atoms with Crippen molar-refractivity contribution in [1.29, 1.82) is 0 Å². The number of nitrogens with one attached hydrogen (secondary N) is 3. The largest absolute Gasteiger partial charge is 0.480 e. The number of aliphatic hydroxyl groups excluding tert-OH is 1. The van der Waals surface area contributed by atoms with Gasteiger partial charge >= 0.3 is 5.97 Å². The molecule has 0 aromatic carbocycles. The van der Waals surface area contributed by atoms with Crippen LogP contribution in [0.4, 0.5) is 0 Å². The van der Waals surface area contributed by atoms with Crippen LogP contribution in [0.2, 0.25) is 0 Å². The SMILES string of the molecule is CC(N)C(=O)NC(C)C(=O)NC(CO)C(=O)NC(CCC(N)=O)C(=O)O. The summed E-state index contributed by atoms with van der Waals surface area (Å²) in [5, 5.41) is 24.9. The van der Waals surface area contributed by atoms with Gasteiger partial charge in [-0.25, -0.2) is 4.79 Å². The van der Waals surface area contributed by atoms with E-state index in [0.29, 0.717) is 0 Å². The Morgan fingerprint density at radius 2 is 1.46 bits per heavy atom. The van der Waals surface area contributed by atoms with Crippen molar-refractivity contribution < 1.29 is 34.2 Å². The number of rotatable bonds is 11. The van der Waals surface area contributed by atoms with Crippen molar-refractivity contribution in [3.8, 4) is 0 Å². The van der Waals surface area contributed by atoms with Crippen LogP contribution >= 0.6 is 0 Å². The second kappa shape index (κ2) is 11.0. The van der Waals surface area contributed by atoms with Gasteiger partial charge in [0.15, 0.2) is 0 Å². The van der Waals surface area contributed by atoms with Crippen molar-refractivity contribution in [2.75, 3.05) is 6.61 Å². The minimum absolute atomic E-state index is 0.247. The normalized spacial score (nSPS) is 15.1. The summed E-state index contributed by atoms with van der Waals surface area (Å²) in [7, 11) is 0. The molecule has 0 aliphatic carbocycles. The van der Waals surface area contributed by atoms with Crippen LogP contribution in [-0.2, 0) is 24.0 Å². The topological polar surface area (TPSA) is 214 Å². The number of aliphatic hydroxyl groups is 1. The third-order valence-corrected chi connectivity index (χ3v) is 3.28. The standard InChI is InChI=1S/C14H25N5O7/c1-6(15)11(22)17-7(2)12(23)19-9(5-20)13(24)18-8(14(25)26)3-4-10(16)21/h6-9,20H,3-5,15H2,1-2H3,(H2,16,21)(H,17,22)(H,18,24)(H,19,23)(H,25,26). The molecular weight excluding hydrogens is 350 g/mol. The third kappa shape index (κ3) is 8.39. The molecule has 0 aromatic rings. The predicted molar refractivity (Wildman–Crippen MR) is 88.3 cm³/mol. The van der Waals surface area contributed by atoms with Crippen LogP contribution in [0.15, 0.2) is 0 Å². The lowest BCUT2D eigenvalue weighted by Crippen LogP contribution is -2.57. The highest BCUT2D eigenvalue weighted by Gasteiger charge is 2.28. The van der Waals surface area contributed by atoms with Crippen molar-refractivity contribution >= 4 is 29.6 Å². The summed E-state index contributed by atoms with van der Waals surface area (Å²) < 4.78 is 0. The first-order valence-corrected chi connectivity index (χ1v) is 7.78. The fourth-order valence-corrected chi connectivity index (χ4v) is 1.72. The van der Waals surface area contributed by atoms with E-state index in [9.17, 15) is 29.1 Å². The van der Waals surface area contributed by atoms with E-state index < -0.39 is 60.4 Å². The van der Waals surface area contributed by atoms with Crippen LogP contribution in [0.5, 0.6) is 0 Å². The summed E-state index contributed by atoms with van der Waals surface area (Å²) in [6.45, 7) is 1.95. The van der Waals surface area contributed by atoms with Gasteiger partial charge in [0.1, 0.15) is 18.1 Å². The van der Waals surface area contributed by atoms with Crippen molar-refractivity contribution in [1.82, 2.24) is 16.0 Å². The maximum Gasteiger partial charge on any atom is 0.326 e. The number of aliphatic carboxylic acids is 1. The van der Waals surface area contributed by atoms with E-state index in [1.54, 1.807) is 0 Å². The van der Waals surface area contributed by atoms with E-state index in [1.165, 1.54) is 13.8 Å². The molecule has 0 aliphatic rings. The Balaban J connectivity index is 4.80. The number of hydrogen-bond donors (Lipinski definition) is 7. The number of carboxylic acid groups (broad SMARTS) is 1. The van der Waals surface area contributed by atoms with Gasteiger partial charge in [-0.1, -0.05) is 0 Å². The zero-order valence-corrected chi connectivity index (χ0v) is 14.5. The lowest BCUT2D eigenvalue weighted by Gasteiger charge is -2.22. The maximum absolute atomic E-state index is 12.0. The Hall–Kier alpha value is -2.73. The highest BCUT2D eigenvalue weighted by molar-refractivity contribution is 5.93. The molecule has 4 amide bonds. The van der Waals surface area contributed by atoms with E-state index in [1.807, 2.05) is 0 Å². The molecule has 0 rings (SSSR count). The molecule has 4 unspecified atom stereocenters. The first-order valence-electron chi connectivity index (χ1n) is 7.78. The molecule has 0 saturated heterocycles. The van der Waals surface area contributed by atoms with Crippen LogP contribution in [0, 0.1) is 0 Å². The minimum Gasteiger partial charge on any atom is -0.480 e. The number of carbonyl (C=O) groups excluding carboxylic acids is 4. The molecule has 4 atom stereocenters. The van der Waals surface area contributed by atoms with Gasteiger partial charge in [-0.15, -0.1) is 0 Å². The lowest BCUT2D eigenvalue weighted by molar-refractivity contribution is -0.143. The molecule has 12 nitrogen and oxygen atoms in total. The molecule has 0 aliphatic heterocycles. The first kappa shape index (κ1) is 23.3. The summed E-state index contributed by atoms with van der Waals surface area (Å²) in [5.74, 6) is -4.48. The van der Waals surface area contributed by atoms with Gasteiger partial charge in [0, 0.05) is 6.42 Å². The summed E-state index contributed by atoms with van der Waals surface area (Å²) in [6, 6.07) is -4.76. The van der Waals surface area contributed by atoms with Crippen molar-refractivity contribution in [3.05, 3.63) is 0 Å². The quantitative estimate of drug-likeness (QED) is 0.189. The van der Waals surface area contributed by atoms with E-state index in [-0.39, 0.29) is 12.8 Å². The maximum atomic E-state index is 12.0. The summed E-state index contributed by atoms with van der Waals surface area (Å²) >= 11 is 0. The molecule has 0 heterocycles. The number of carbonyl (C=O) groups is 5. The first-order chi connectivity index (χ1) is 12.0. The molecule has 0 spiro atoms. The zero-order valence-electron chi connectivity index (χ0n) is 14.5. The molecule has 0 aromatic heterocycles. The molecule has 12 heteroatoms. The fourth-order valence-electron chi connectivity index (χ4n) is 1.72. The summed E-state index contributed by atoms with van der Waals surface area (Å²) in [4.78, 5) is 57.3. The zero-order chi connectivity index (χ0) is 20.4. The van der Waals surface area contributed by atoms with Gasteiger partial charge in [0.2, 0.25) is 23.6 Å². The average molecular weight is 375 g/mol. The van der Waals surface area contributed by atoms with Crippen molar-refractivity contribution in [3.63, 3.8) is 0 Å². The second-order valence-corrected chi connectivity index (χ2v) is 5.67. The van der Waals surface area contributed by atoms with Gasteiger partial charge in [-0.3, -0.25) is 19.2 Å². The van der Waals surface area contributed by atoms with Gasteiger partial charge < -0.3 is 37.6 Å². The number of primary amides is 1. The predicted octanol–water partition coefficient (Wildman–Crippen LogP) is -3.85. The molecule has 9 N–H and O–H groups in total. The van der Waals surface area contributed by atoms with Crippen LogP contribution in [0.1, 0.15) is 26.7 Å². The van der Waals surface area contributed by atoms with Crippen LogP contribution < -0.4 is 27.4 Å². The molecule has 0 fully saturated rings. The van der Waals surface area contributed by atoms with Gasteiger partial charge in [0.25, 0.3) is 0 Å². The Morgan fingerprint density at radius 1 is 0.923 bits per heavy atom. The lowest BCUT2D eigenvalue weighted by atomic mass is 10.1. The van der Waals surface area contributed by atoms with E-state index in [2.05, 4.69) is 16.0 Å². The Labute approximate surface area is 149 Å². The van der Waals surface area contributed by atoms with Crippen LogP contribution in [-0.4, -0.2) is 70.6 Å². The summed E-state index contributed by atoms with van der Waals surface area (Å²) in [6.07, 6.45) is -0.517. The highest BCUT2D eigenvalue weighted by atomic mass is 16.4. The van der Waals surface area contributed by atoms with E-state index in [0.717, 1.165) is 0 Å². The second-order valence-electron chi connectivity index (χ2n) is 5.67. The summed E-state index contributed by atoms with van der Waals surface area (Å²) in [5.41, 5.74) is 10.3. The van der Waals surface area contributed by atoms with Crippen LogP contribution in [0.25, 0.3) is 0 Å². The Morgan fingerprint density at radius 3 is 1.88 bits per heavy atom. The number of nitrogens with two attached hydrogens (primary N) is 2. The molecular formula is C14H25N5O7. The average Bonchev–Trinajstić information content (AvgIpc) is 2.54. The number of carboxylic acids is 1. The van der Waals surface area contributed by atoms with Gasteiger partial charge in [-0.05, 0) is 20.3 Å². The molecule has 148 valence electrons. The van der Waals surface area contributed by atoms with Crippen molar-refractivity contribution in [2.24, 2.45) is 11.5 Å². The molecule has 26 heavy (non-hydrogen) atoms. The van der Waals surface area contributed by atoms with E-state index >= 15 is 0 Å². The Bertz CT molecular complexity index is 552. The minimum atomic E-state index is -1.45. The smallest absolute Gasteiger partial charge is 0.326 e. The number of hydrogen-bond acceptors (Lipinski definition) is 7. The molecule has 0 radical (unpaired) electrons. The molecule has 0 saturated carbocycles. The number of amides is 4. The van der Waals surface area contributed by atoms with Gasteiger partial charge in [0.05, 0.1) is 12.6 Å².